The molecule has 0 spiro atoms. The summed E-state index contributed by atoms with van der Waals surface area (Å²) in [6.07, 6.45) is 0. The number of methoxy groups -OCH3 is 2. The zero-order valence-corrected chi connectivity index (χ0v) is 13.5. The lowest BCUT2D eigenvalue weighted by molar-refractivity contribution is 0.0655. The molecule has 1 aliphatic rings. The van der Waals surface area contributed by atoms with E-state index in [0.29, 0.717) is 28.1 Å². The highest BCUT2D eigenvalue weighted by atomic mass is 79.9. The Hall–Kier alpha value is -1.27. The van der Waals surface area contributed by atoms with Gasteiger partial charge in [0.2, 0.25) is 0 Å². The average molecular weight is 343 g/mol. The lowest BCUT2D eigenvalue weighted by Gasteiger charge is -2.34. The fraction of sp³-hybridized carbons (Fsp3) is 0.500. The van der Waals surface area contributed by atoms with Crippen LogP contribution in [-0.2, 0) is 0 Å². The van der Waals surface area contributed by atoms with Crippen LogP contribution in [0.25, 0.3) is 0 Å². The van der Waals surface area contributed by atoms with Crippen LogP contribution in [0.3, 0.4) is 0 Å². The van der Waals surface area contributed by atoms with Crippen molar-refractivity contribution in [1.82, 2.24) is 10.2 Å². The van der Waals surface area contributed by atoms with Crippen LogP contribution >= 0.6 is 15.9 Å². The van der Waals surface area contributed by atoms with E-state index >= 15 is 0 Å². The molecule has 1 saturated heterocycles. The van der Waals surface area contributed by atoms with E-state index < -0.39 is 0 Å². The molecule has 1 amide bonds. The van der Waals surface area contributed by atoms with Crippen molar-refractivity contribution in [2.24, 2.45) is 0 Å². The maximum atomic E-state index is 12.6. The molecule has 1 atom stereocenters. The topological polar surface area (TPSA) is 50.8 Å². The first-order valence-corrected chi connectivity index (χ1v) is 7.31. The molecule has 1 aromatic rings. The third-order valence-corrected chi connectivity index (χ3v) is 4.24. The number of hydrogen-bond acceptors (Lipinski definition) is 4. The van der Waals surface area contributed by atoms with E-state index in [-0.39, 0.29) is 11.9 Å². The van der Waals surface area contributed by atoms with Gasteiger partial charge in [-0.2, -0.15) is 0 Å². The van der Waals surface area contributed by atoms with Crippen LogP contribution in [0.1, 0.15) is 17.3 Å². The summed E-state index contributed by atoms with van der Waals surface area (Å²) in [4.78, 5) is 14.5. The van der Waals surface area contributed by atoms with E-state index in [1.807, 2.05) is 11.8 Å². The van der Waals surface area contributed by atoms with Gasteiger partial charge in [-0.25, -0.2) is 0 Å². The summed E-state index contributed by atoms with van der Waals surface area (Å²) in [7, 11) is 3.14. The minimum absolute atomic E-state index is 0.00287. The average Bonchev–Trinajstić information content (AvgIpc) is 2.47. The molecule has 1 fully saturated rings. The van der Waals surface area contributed by atoms with Gasteiger partial charge in [0, 0.05) is 31.2 Å². The largest absolute Gasteiger partial charge is 0.495 e. The van der Waals surface area contributed by atoms with Gasteiger partial charge in [0.1, 0.15) is 16.0 Å². The number of nitrogens with zero attached hydrogens (tertiary/aromatic N) is 1. The standard InChI is InChI=1S/C14H19BrN2O3/c1-9-8-16-4-5-17(9)14(18)10-6-11(19-2)13(15)12(7-10)20-3/h6-7,9,16H,4-5,8H2,1-3H3. The molecule has 20 heavy (non-hydrogen) atoms. The molecule has 0 aromatic heterocycles. The fourth-order valence-electron chi connectivity index (χ4n) is 2.30. The van der Waals surface area contributed by atoms with E-state index in [9.17, 15) is 4.79 Å². The Morgan fingerprint density at radius 3 is 2.45 bits per heavy atom. The predicted octanol–water partition coefficient (Wildman–Crippen LogP) is 1.90. The van der Waals surface area contributed by atoms with Gasteiger partial charge in [-0.05, 0) is 35.0 Å². The van der Waals surface area contributed by atoms with E-state index in [0.717, 1.165) is 13.1 Å². The molecule has 110 valence electrons. The quantitative estimate of drug-likeness (QED) is 0.911. The van der Waals surface area contributed by atoms with Gasteiger partial charge < -0.3 is 19.7 Å². The van der Waals surface area contributed by atoms with Crippen LogP contribution in [0.5, 0.6) is 11.5 Å². The van der Waals surface area contributed by atoms with Crippen LogP contribution in [-0.4, -0.2) is 50.7 Å². The number of benzene rings is 1. The molecule has 1 aromatic carbocycles. The molecule has 5 nitrogen and oxygen atoms in total. The highest BCUT2D eigenvalue weighted by Crippen LogP contribution is 2.36. The van der Waals surface area contributed by atoms with Gasteiger partial charge in [0.15, 0.2) is 0 Å². The Bertz CT molecular complexity index is 482. The van der Waals surface area contributed by atoms with Crippen molar-refractivity contribution in [3.8, 4) is 11.5 Å². The Morgan fingerprint density at radius 2 is 1.95 bits per heavy atom. The molecule has 1 unspecified atom stereocenters. The van der Waals surface area contributed by atoms with Crippen LogP contribution in [0.4, 0.5) is 0 Å². The molecule has 1 aliphatic heterocycles. The zero-order valence-electron chi connectivity index (χ0n) is 11.9. The second-order valence-electron chi connectivity index (χ2n) is 4.75. The number of piperazine rings is 1. The first-order chi connectivity index (χ1) is 9.58. The molecule has 0 saturated carbocycles. The second kappa shape index (κ2) is 6.45. The van der Waals surface area contributed by atoms with Gasteiger partial charge in [-0.3, -0.25) is 4.79 Å². The Morgan fingerprint density at radius 1 is 1.35 bits per heavy atom. The predicted molar refractivity (Wildman–Crippen MR) is 80.6 cm³/mol. The van der Waals surface area contributed by atoms with Gasteiger partial charge in [0.05, 0.1) is 14.2 Å². The van der Waals surface area contributed by atoms with E-state index in [4.69, 9.17) is 9.47 Å². The van der Waals surface area contributed by atoms with Crippen molar-refractivity contribution in [3.63, 3.8) is 0 Å². The highest BCUT2D eigenvalue weighted by Gasteiger charge is 2.25. The second-order valence-corrected chi connectivity index (χ2v) is 5.54. The van der Waals surface area contributed by atoms with Crippen molar-refractivity contribution < 1.29 is 14.3 Å². The molecular formula is C14H19BrN2O3. The summed E-state index contributed by atoms with van der Waals surface area (Å²) < 4.78 is 11.3. The monoisotopic (exact) mass is 342 g/mol. The van der Waals surface area contributed by atoms with Crippen LogP contribution in [0.2, 0.25) is 0 Å². The lowest BCUT2D eigenvalue weighted by Crippen LogP contribution is -2.52. The number of rotatable bonds is 3. The number of carbonyl (C=O) groups excluding carboxylic acids is 1. The molecule has 6 heteroatoms. The van der Waals surface area contributed by atoms with Crippen LogP contribution < -0.4 is 14.8 Å². The third-order valence-electron chi connectivity index (χ3n) is 3.45. The molecule has 0 bridgehead atoms. The van der Waals surface area contributed by atoms with Crippen molar-refractivity contribution in [2.75, 3.05) is 33.9 Å². The molecule has 1 heterocycles. The van der Waals surface area contributed by atoms with E-state index in [1.165, 1.54) is 0 Å². The zero-order chi connectivity index (χ0) is 14.7. The SMILES string of the molecule is COc1cc(C(=O)N2CCNCC2C)cc(OC)c1Br. The Kier molecular flexibility index (Phi) is 4.88. The number of carbonyl (C=O) groups is 1. The van der Waals surface area contributed by atoms with Gasteiger partial charge in [-0.1, -0.05) is 0 Å². The maximum Gasteiger partial charge on any atom is 0.254 e. The lowest BCUT2D eigenvalue weighted by atomic mass is 10.1. The number of ether oxygens (including phenoxy) is 2. The summed E-state index contributed by atoms with van der Waals surface area (Å²) in [6, 6.07) is 3.66. The third kappa shape index (κ3) is 2.91. The van der Waals surface area contributed by atoms with E-state index in [1.54, 1.807) is 26.4 Å². The molecule has 1 N–H and O–H groups in total. The van der Waals surface area contributed by atoms with Crippen molar-refractivity contribution in [1.29, 1.82) is 0 Å². The molecular weight excluding hydrogens is 324 g/mol. The van der Waals surface area contributed by atoms with Crippen molar-refractivity contribution in [2.45, 2.75) is 13.0 Å². The number of halogens is 1. The van der Waals surface area contributed by atoms with Gasteiger partial charge in [-0.15, -0.1) is 0 Å². The smallest absolute Gasteiger partial charge is 0.254 e. The summed E-state index contributed by atoms with van der Waals surface area (Å²) >= 11 is 3.41. The summed E-state index contributed by atoms with van der Waals surface area (Å²) in [6.45, 7) is 4.38. The summed E-state index contributed by atoms with van der Waals surface area (Å²) in [5, 5.41) is 3.27. The number of amides is 1. The fourth-order valence-corrected chi connectivity index (χ4v) is 2.85. The Balaban J connectivity index is 2.34. The van der Waals surface area contributed by atoms with Crippen LogP contribution in [0.15, 0.2) is 16.6 Å². The minimum atomic E-state index is 0.00287. The minimum Gasteiger partial charge on any atom is -0.495 e. The first-order valence-electron chi connectivity index (χ1n) is 6.51. The normalized spacial score (nSPS) is 18.8. The number of nitrogens with one attached hydrogen (secondary N) is 1. The molecule has 0 aliphatic carbocycles. The van der Waals surface area contributed by atoms with E-state index in [2.05, 4.69) is 21.2 Å². The van der Waals surface area contributed by atoms with Gasteiger partial charge in [0.25, 0.3) is 5.91 Å². The van der Waals surface area contributed by atoms with Crippen molar-refractivity contribution in [3.05, 3.63) is 22.2 Å². The molecule has 0 radical (unpaired) electrons. The maximum absolute atomic E-state index is 12.6. The van der Waals surface area contributed by atoms with Crippen LogP contribution in [0, 0.1) is 0 Å². The highest BCUT2D eigenvalue weighted by molar-refractivity contribution is 9.10. The summed E-state index contributed by atoms with van der Waals surface area (Å²) in [5.74, 6) is 1.19. The molecule has 2 rings (SSSR count). The summed E-state index contributed by atoms with van der Waals surface area (Å²) in [5.41, 5.74) is 0.579. The van der Waals surface area contributed by atoms with Gasteiger partial charge >= 0.3 is 0 Å². The Labute approximate surface area is 127 Å². The first kappa shape index (κ1) is 15.1. The number of hydrogen-bond donors (Lipinski definition) is 1. The van der Waals surface area contributed by atoms with Crippen molar-refractivity contribution >= 4 is 21.8 Å².